The summed E-state index contributed by atoms with van der Waals surface area (Å²) >= 11 is 0. The van der Waals surface area contributed by atoms with E-state index >= 15 is 0 Å². The fraction of sp³-hybridized carbons (Fsp3) is 0. The van der Waals surface area contributed by atoms with Crippen molar-refractivity contribution in [1.29, 1.82) is 0 Å². The van der Waals surface area contributed by atoms with Gasteiger partial charge in [-0.2, -0.15) is 36.4 Å². The minimum atomic E-state index is 0. The quantitative estimate of drug-likeness (QED) is 0.374. The van der Waals surface area contributed by atoms with Crippen LogP contribution in [-0.2, 0) is 65.4 Å². The molecule has 1 heterocycles. The summed E-state index contributed by atoms with van der Waals surface area (Å²) in [4.78, 5) is 0. The molecule has 1 aliphatic rings. The van der Waals surface area contributed by atoms with Crippen LogP contribution < -0.4 is 4.74 Å². The predicted molar refractivity (Wildman–Crippen MR) is 75.1 cm³/mol. The maximum atomic E-state index is 6.04. The zero-order chi connectivity index (χ0) is 12.7. The van der Waals surface area contributed by atoms with E-state index < -0.39 is 0 Å². The predicted octanol–water partition coefficient (Wildman–Crippen LogP) is 4.72. The van der Waals surface area contributed by atoms with Crippen LogP contribution in [0.1, 0.15) is 0 Å². The van der Waals surface area contributed by atoms with Crippen LogP contribution in [0.4, 0.5) is 0 Å². The van der Waals surface area contributed by atoms with Crippen molar-refractivity contribution in [3.63, 3.8) is 0 Å². The van der Waals surface area contributed by atoms with E-state index in [0.29, 0.717) is 0 Å². The van der Waals surface area contributed by atoms with Crippen LogP contribution in [0, 0.1) is 12.1 Å². The minimum absolute atomic E-state index is 0. The first-order valence-corrected chi connectivity index (χ1v) is 6.21. The van der Waals surface area contributed by atoms with Gasteiger partial charge in [-0.05, 0) is 0 Å². The number of ether oxygens (including phenoxy) is 1. The smallest absolute Gasteiger partial charge is 0.0245 e. The van der Waals surface area contributed by atoms with Gasteiger partial charge in [0, 0.05) is 76.9 Å². The van der Waals surface area contributed by atoms with E-state index in [-0.39, 0.29) is 65.4 Å². The second kappa shape index (κ2) is 7.29. The van der Waals surface area contributed by atoms with Crippen LogP contribution in [0.15, 0.2) is 60.7 Å². The second-order valence-electron chi connectivity index (χ2n) is 4.49. The molecular weight excluding hydrogens is 410 g/mol. The molecule has 1 nitrogen and oxygen atoms in total. The molecule has 0 atom stereocenters. The average Bonchev–Trinajstić information content (AvgIpc) is 2.62. The largest absolute Gasteiger partial charge is 0.507 e. The summed E-state index contributed by atoms with van der Waals surface area (Å²) in [7, 11) is 0. The van der Waals surface area contributed by atoms with Crippen molar-refractivity contribution in [2.45, 2.75) is 0 Å². The van der Waals surface area contributed by atoms with Crippen LogP contribution >= 0.6 is 0 Å². The summed E-state index contributed by atoms with van der Waals surface area (Å²) in [5.41, 5.74) is 4.50. The molecule has 0 spiro atoms. The standard InChI is InChI=1S/C18H10O.2Y/c1-2-8-14-13(7-1)15-9-3-5-11-17(15)19-18-12-6-4-10-16(14)18;;/h1-2,5-12H;;/q-2;;. The summed E-state index contributed by atoms with van der Waals surface area (Å²) < 4.78 is 6.04. The van der Waals surface area contributed by atoms with E-state index in [1.54, 1.807) is 0 Å². The Morgan fingerprint density at radius 1 is 0.619 bits per heavy atom. The molecule has 3 heteroatoms. The topological polar surface area (TPSA) is 9.23 Å². The SMILES string of the molecule is [Y].[Y].[c-]1ccc2c(c1)-c1ccccc1-c1c[c-]ccc1O2. The molecule has 0 fully saturated rings. The zero-order valence-corrected chi connectivity index (χ0v) is 17.0. The van der Waals surface area contributed by atoms with Crippen LogP contribution in [0.2, 0.25) is 0 Å². The number of rotatable bonds is 0. The van der Waals surface area contributed by atoms with Gasteiger partial charge in [-0.15, -0.1) is 12.1 Å². The monoisotopic (exact) mass is 420 g/mol. The molecule has 21 heavy (non-hydrogen) atoms. The minimum Gasteiger partial charge on any atom is -0.507 e. The first-order valence-electron chi connectivity index (χ1n) is 6.21. The Morgan fingerprint density at radius 3 is 1.57 bits per heavy atom. The third-order valence-corrected chi connectivity index (χ3v) is 3.38. The fourth-order valence-corrected chi connectivity index (χ4v) is 2.50. The van der Waals surface area contributed by atoms with E-state index in [9.17, 15) is 0 Å². The first-order chi connectivity index (χ1) is 9.43. The molecule has 0 saturated carbocycles. The van der Waals surface area contributed by atoms with Crippen molar-refractivity contribution in [3.05, 3.63) is 72.8 Å². The molecule has 96 valence electrons. The third kappa shape index (κ3) is 3.08. The fourth-order valence-electron chi connectivity index (χ4n) is 2.50. The van der Waals surface area contributed by atoms with E-state index in [1.165, 1.54) is 11.1 Å². The zero-order valence-electron chi connectivity index (χ0n) is 11.3. The maximum Gasteiger partial charge on any atom is 0.0245 e. The van der Waals surface area contributed by atoms with Gasteiger partial charge in [-0.1, -0.05) is 46.5 Å². The van der Waals surface area contributed by atoms with Gasteiger partial charge in [-0.25, -0.2) is 0 Å². The van der Waals surface area contributed by atoms with Gasteiger partial charge in [0.1, 0.15) is 0 Å². The van der Waals surface area contributed by atoms with Crippen molar-refractivity contribution >= 4 is 0 Å². The normalized spacial score (nSPS) is 10.5. The van der Waals surface area contributed by atoms with Gasteiger partial charge in [-0.3, -0.25) is 0 Å². The average molecular weight is 420 g/mol. The van der Waals surface area contributed by atoms with Crippen molar-refractivity contribution < 1.29 is 70.2 Å². The van der Waals surface area contributed by atoms with Crippen molar-refractivity contribution in [2.75, 3.05) is 0 Å². The molecule has 0 bridgehead atoms. The maximum absolute atomic E-state index is 6.04. The van der Waals surface area contributed by atoms with Gasteiger partial charge in [0.15, 0.2) is 0 Å². The van der Waals surface area contributed by atoms with E-state index in [2.05, 4.69) is 24.3 Å². The Morgan fingerprint density at radius 2 is 1.10 bits per heavy atom. The van der Waals surface area contributed by atoms with Crippen molar-refractivity contribution in [1.82, 2.24) is 0 Å². The summed E-state index contributed by atoms with van der Waals surface area (Å²) in [6.07, 6.45) is 0. The Labute approximate surface area is 174 Å². The van der Waals surface area contributed by atoms with Crippen molar-refractivity contribution in [3.8, 4) is 33.8 Å². The number of fused-ring (bicyclic) bond motifs is 5. The molecule has 0 aliphatic carbocycles. The summed E-state index contributed by atoms with van der Waals surface area (Å²) in [6.45, 7) is 0. The second-order valence-corrected chi connectivity index (χ2v) is 4.49. The first kappa shape index (κ1) is 17.0. The van der Waals surface area contributed by atoms with Gasteiger partial charge >= 0.3 is 0 Å². The number of hydrogen-bond donors (Lipinski definition) is 0. The van der Waals surface area contributed by atoms with Gasteiger partial charge in [0.25, 0.3) is 0 Å². The van der Waals surface area contributed by atoms with Crippen molar-refractivity contribution in [2.24, 2.45) is 0 Å². The number of benzene rings is 3. The van der Waals surface area contributed by atoms with E-state index in [0.717, 1.165) is 22.6 Å². The van der Waals surface area contributed by atoms with Gasteiger partial charge in [0.2, 0.25) is 0 Å². The summed E-state index contributed by atoms with van der Waals surface area (Å²) in [6, 6.07) is 26.2. The Bertz CT molecular complexity index is 704. The number of hydrogen-bond acceptors (Lipinski definition) is 1. The Hall–Kier alpha value is -0.332. The van der Waals surface area contributed by atoms with E-state index in [1.807, 2.05) is 48.5 Å². The molecule has 3 aromatic rings. The Balaban J connectivity index is 0.000000807. The summed E-state index contributed by atoms with van der Waals surface area (Å²) in [5.74, 6) is 1.74. The van der Waals surface area contributed by atoms with Crippen LogP contribution in [-0.4, -0.2) is 0 Å². The third-order valence-electron chi connectivity index (χ3n) is 3.38. The molecule has 0 amide bonds. The Kier molecular flexibility index (Phi) is 5.91. The summed E-state index contributed by atoms with van der Waals surface area (Å²) in [5, 5.41) is 0. The molecule has 2 radical (unpaired) electrons. The molecule has 0 N–H and O–H groups in total. The van der Waals surface area contributed by atoms with Crippen LogP contribution in [0.3, 0.4) is 0 Å². The van der Waals surface area contributed by atoms with E-state index in [4.69, 9.17) is 4.74 Å². The van der Waals surface area contributed by atoms with Gasteiger partial charge < -0.3 is 4.74 Å². The molecular formula is C18H10OY2-2. The molecule has 4 rings (SSSR count). The van der Waals surface area contributed by atoms with Crippen LogP contribution in [0.5, 0.6) is 11.5 Å². The molecule has 0 unspecified atom stereocenters. The van der Waals surface area contributed by atoms with Crippen LogP contribution in [0.25, 0.3) is 22.3 Å². The molecule has 3 aromatic carbocycles. The molecule has 0 aromatic heterocycles. The molecule has 0 saturated heterocycles. The van der Waals surface area contributed by atoms with Gasteiger partial charge in [0.05, 0.1) is 0 Å². The molecule has 1 aliphatic heterocycles.